The van der Waals surface area contributed by atoms with Crippen molar-refractivity contribution in [3.8, 4) is 28.8 Å². The van der Waals surface area contributed by atoms with Gasteiger partial charge in [0.05, 0.1) is 36.4 Å². The van der Waals surface area contributed by atoms with Crippen molar-refractivity contribution in [3.05, 3.63) is 83.2 Å². The van der Waals surface area contributed by atoms with Gasteiger partial charge in [-0.15, -0.1) is 0 Å². The lowest BCUT2D eigenvalue weighted by molar-refractivity contribution is 0.435. The lowest BCUT2D eigenvalue weighted by Gasteiger charge is -2.09. The third-order valence-electron chi connectivity index (χ3n) is 3.89. The van der Waals surface area contributed by atoms with E-state index in [9.17, 15) is 0 Å². The summed E-state index contributed by atoms with van der Waals surface area (Å²) in [5, 5.41) is 13.0. The van der Waals surface area contributed by atoms with Gasteiger partial charge < -0.3 is 4.74 Å². The van der Waals surface area contributed by atoms with E-state index in [1.807, 2.05) is 16.8 Å². The molecule has 6 heteroatoms. The standard InChI is InChI=1S/C20H14N4OS/c21-9-15-1-5-19(6-2-15)25-20-11-22-14-24(20)12-18-4-3-16(10-23-18)17-7-8-26-13-17/h1-8,10-11,13-14H,12H2. The number of hydrogen-bond acceptors (Lipinski definition) is 5. The molecule has 0 aliphatic carbocycles. The summed E-state index contributed by atoms with van der Waals surface area (Å²) in [6, 6.07) is 15.2. The Morgan fingerprint density at radius 3 is 2.62 bits per heavy atom. The molecule has 4 aromatic rings. The molecule has 0 amide bonds. The van der Waals surface area contributed by atoms with Gasteiger partial charge in [-0.3, -0.25) is 9.55 Å². The SMILES string of the molecule is N#Cc1ccc(Oc2cncn2Cc2ccc(-c3ccsc3)cn2)cc1. The van der Waals surface area contributed by atoms with Crippen molar-refractivity contribution < 1.29 is 4.74 Å². The van der Waals surface area contributed by atoms with Crippen LogP contribution in [0, 0.1) is 11.3 Å². The minimum Gasteiger partial charge on any atom is -0.439 e. The highest BCUT2D eigenvalue weighted by atomic mass is 32.1. The second kappa shape index (κ2) is 7.21. The molecule has 5 nitrogen and oxygen atoms in total. The highest BCUT2D eigenvalue weighted by Crippen LogP contribution is 2.23. The molecule has 0 radical (unpaired) electrons. The number of benzene rings is 1. The van der Waals surface area contributed by atoms with Gasteiger partial charge in [0.2, 0.25) is 5.88 Å². The van der Waals surface area contributed by atoms with Crippen LogP contribution in [0.3, 0.4) is 0 Å². The fraction of sp³-hybridized carbons (Fsp3) is 0.0500. The molecule has 3 aromatic heterocycles. The fourth-order valence-corrected chi connectivity index (χ4v) is 3.19. The molecule has 0 aliphatic heterocycles. The predicted octanol–water partition coefficient (Wildman–Crippen LogP) is 4.72. The van der Waals surface area contributed by atoms with Gasteiger partial charge in [-0.2, -0.15) is 16.6 Å². The zero-order valence-electron chi connectivity index (χ0n) is 13.7. The average molecular weight is 358 g/mol. The monoisotopic (exact) mass is 358 g/mol. The van der Waals surface area contributed by atoms with Crippen molar-refractivity contribution in [2.75, 3.05) is 0 Å². The van der Waals surface area contributed by atoms with Crippen LogP contribution in [0.5, 0.6) is 11.6 Å². The van der Waals surface area contributed by atoms with Crippen molar-refractivity contribution in [1.29, 1.82) is 5.26 Å². The van der Waals surface area contributed by atoms with Crippen LogP contribution in [-0.2, 0) is 6.54 Å². The summed E-state index contributed by atoms with van der Waals surface area (Å²) in [4.78, 5) is 8.71. The molecular weight excluding hydrogens is 344 g/mol. The Kier molecular flexibility index (Phi) is 4.46. The summed E-state index contributed by atoms with van der Waals surface area (Å²) < 4.78 is 7.76. The maximum Gasteiger partial charge on any atom is 0.220 e. The van der Waals surface area contributed by atoms with Crippen LogP contribution in [0.4, 0.5) is 0 Å². The normalized spacial score (nSPS) is 10.4. The smallest absolute Gasteiger partial charge is 0.220 e. The summed E-state index contributed by atoms with van der Waals surface area (Å²) in [5.41, 5.74) is 3.81. The van der Waals surface area contributed by atoms with Gasteiger partial charge in [0.15, 0.2) is 0 Å². The van der Waals surface area contributed by atoms with Crippen molar-refractivity contribution in [3.63, 3.8) is 0 Å². The Morgan fingerprint density at radius 1 is 1.04 bits per heavy atom. The van der Waals surface area contributed by atoms with E-state index in [1.165, 1.54) is 5.56 Å². The number of hydrogen-bond donors (Lipinski definition) is 0. The first kappa shape index (κ1) is 16.1. The molecule has 1 aromatic carbocycles. The van der Waals surface area contributed by atoms with Gasteiger partial charge in [0.25, 0.3) is 0 Å². The molecule has 4 rings (SSSR count). The van der Waals surface area contributed by atoms with E-state index in [4.69, 9.17) is 10.00 Å². The van der Waals surface area contributed by atoms with Gasteiger partial charge >= 0.3 is 0 Å². The summed E-state index contributed by atoms with van der Waals surface area (Å²) in [6.07, 6.45) is 5.26. The number of ether oxygens (including phenoxy) is 1. The maximum atomic E-state index is 8.86. The number of imidazole rings is 1. The number of nitriles is 1. The van der Waals surface area contributed by atoms with Crippen LogP contribution in [0.15, 0.2) is 71.9 Å². The third-order valence-corrected chi connectivity index (χ3v) is 4.57. The molecule has 0 N–H and O–H groups in total. The average Bonchev–Trinajstić information content (AvgIpc) is 3.36. The third kappa shape index (κ3) is 3.48. The molecular formula is C20H14N4OS. The van der Waals surface area contributed by atoms with Crippen LogP contribution in [-0.4, -0.2) is 14.5 Å². The van der Waals surface area contributed by atoms with E-state index >= 15 is 0 Å². The number of thiophene rings is 1. The molecule has 0 bridgehead atoms. The second-order valence-electron chi connectivity index (χ2n) is 5.65. The van der Waals surface area contributed by atoms with E-state index in [1.54, 1.807) is 48.1 Å². The predicted molar refractivity (Wildman–Crippen MR) is 100 cm³/mol. The second-order valence-corrected chi connectivity index (χ2v) is 6.43. The summed E-state index contributed by atoms with van der Waals surface area (Å²) >= 11 is 1.67. The van der Waals surface area contributed by atoms with Gasteiger partial charge in [0.1, 0.15) is 5.75 Å². The minimum absolute atomic E-state index is 0.565. The van der Waals surface area contributed by atoms with Crippen molar-refractivity contribution in [2.24, 2.45) is 0 Å². The molecule has 0 spiro atoms. The van der Waals surface area contributed by atoms with Crippen LogP contribution in [0.2, 0.25) is 0 Å². The zero-order valence-corrected chi connectivity index (χ0v) is 14.6. The molecule has 3 heterocycles. The van der Waals surface area contributed by atoms with Crippen molar-refractivity contribution in [2.45, 2.75) is 6.54 Å². The van der Waals surface area contributed by atoms with Crippen molar-refractivity contribution >= 4 is 11.3 Å². The molecule has 0 saturated heterocycles. The molecule has 0 aliphatic rings. The zero-order chi connectivity index (χ0) is 17.8. The Bertz CT molecular complexity index is 1030. The van der Waals surface area contributed by atoms with Crippen LogP contribution < -0.4 is 4.74 Å². The highest BCUT2D eigenvalue weighted by molar-refractivity contribution is 7.08. The molecule has 126 valence electrons. The van der Waals surface area contributed by atoms with Gasteiger partial charge in [-0.1, -0.05) is 6.07 Å². The molecule has 0 unspecified atom stereocenters. The van der Waals surface area contributed by atoms with Gasteiger partial charge in [-0.05, 0) is 52.7 Å². The number of nitrogens with zero attached hydrogens (tertiary/aromatic N) is 4. The van der Waals surface area contributed by atoms with E-state index in [-0.39, 0.29) is 0 Å². The van der Waals surface area contributed by atoms with Gasteiger partial charge in [-0.25, -0.2) is 4.98 Å². The van der Waals surface area contributed by atoms with Crippen LogP contribution in [0.1, 0.15) is 11.3 Å². The number of aromatic nitrogens is 3. The van der Waals surface area contributed by atoms with E-state index in [2.05, 4.69) is 38.9 Å². The topological polar surface area (TPSA) is 63.7 Å². The molecule has 0 atom stereocenters. The Morgan fingerprint density at radius 2 is 1.92 bits per heavy atom. The maximum absolute atomic E-state index is 8.86. The summed E-state index contributed by atoms with van der Waals surface area (Å²) in [5.74, 6) is 1.28. The first-order chi connectivity index (χ1) is 12.8. The Labute approximate surface area is 154 Å². The lowest BCUT2D eigenvalue weighted by Crippen LogP contribution is -2.02. The number of pyridine rings is 1. The van der Waals surface area contributed by atoms with E-state index in [0.717, 1.165) is 11.3 Å². The quantitative estimate of drug-likeness (QED) is 0.518. The largest absolute Gasteiger partial charge is 0.439 e. The Hall–Kier alpha value is -3.43. The molecule has 0 fully saturated rings. The lowest BCUT2D eigenvalue weighted by atomic mass is 10.1. The fourth-order valence-electron chi connectivity index (χ4n) is 2.52. The highest BCUT2D eigenvalue weighted by Gasteiger charge is 2.07. The summed E-state index contributed by atoms with van der Waals surface area (Å²) in [6.45, 7) is 0.565. The van der Waals surface area contributed by atoms with Crippen molar-refractivity contribution in [1.82, 2.24) is 14.5 Å². The van der Waals surface area contributed by atoms with Crippen LogP contribution in [0.25, 0.3) is 11.1 Å². The van der Waals surface area contributed by atoms with Crippen LogP contribution >= 0.6 is 11.3 Å². The summed E-state index contributed by atoms with van der Waals surface area (Å²) in [7, 11) is 0. The first-order valence-corrected chi connectivity index (χ1v) is 8.92. The molecule has 0 saturated carbocycles. The first-order valence-electron chi connectivity index (χ1n) is 7.97. The van der Waals surface area contributed by atoms with E-state index < -0.39 is 0 Å². The van der Waals surface area contributed by atoms with Gasteiger partial charge in [0, 0.05) is 11.8 Å². The van der Waals surface area contributed by atoms with E-state index in [0.29, 0.717) is 23.7 Å². The number of rotatable bonds is 5. The molecule has 26 heavy (non-hydrogen) atoms. The minimum atomic E-state index is 0.565. The Balaban J connectivity index is 1.49.